The molecule has 0 fully saturated rings. The highest BCUT2D eigenvalue weighted by molar-refractivity contribution is 6.17. The summed E-state index contributed by atoms with van der Waals surface area (Å²) < 4.78 is 238. The van der Waals surface area contributed by atoms with Crippen LogP contribution in [-0.4, -0.2) is 0 Å². The number of aryl methyl sites for hydroxylation is 8. The van der Waals surface area contributed by atoms with E-state index in [9.17, 15) is 5.48 Å². The molecule has 16 aromatic rings. The summed E-state index contributed by atoms with van der Waals surface area (Å²) >= 11 is 0. The fourth-order valence-corrected chi connectivity index (χ4v) is 16.0. The second kappa shape index (κ2) is 33.7. The van der Waals surface area contributed by atoms with Gasteiger partial charge in [0.1, 0.15) is 72.9 Å². The lowest BCUT2D eigenvalue weighted by Gasteiger charge is -2.14. The van der Waals surface area contributed by atoms with E-state index in [1.54, 1.807) is 148 Å². The van der Waals surface area contributed by atoms with Crippen LogP contribution >= 0.6 is 0 Å². The third kappa shape index (κ3) is 15.3. The molecule has 0 aliphatic heterocycles. The third-order valence-electron chi connectivity index (χ3n) is 22.5. The standard InChI is InChI=1S/4C27H29N2O/c1-15(2)13-20-14-23(29(8)19(6)18(20)5)25-17(4)9-11-21-24-16(3)10-12-22(28-7)27(24)30-26(21)25;1-15(2)13-20-14-23(29(8)19(6)18(20)5)24-16(3)9-11-21-22-12-10-17(4)25(28-7)27(22)30-26(21)24;1-15(2)11-20-14-24(29(8)19(6)18(20)5)25-17(4)9-10-21-22-12-16(3)13-23(28-7)26(22)30-27(21)25;1-15(2)12-20-14-23(29(8)19(6)18(20)5)25-17(4)13-16(3)24-21-10-9-11-22(28-7)26(21)30-27(24)25/h2*9-12,14-15H,13H2,1-6,8H3;9-10,12-15H,11H2,1-6,8H3;9-11,13-15H,12H2,1-6,8H3/q4*+1/i2*5D3,13D2,14D;5D3,11D2,14D;5D3,12D2,14D. The van der Waals surface area contributed by atoms with E-state index >= 15 is 0 Å². The summed E-state index contributed by atoms with van der Waals surface area (Å²) in [6.45, 7) is 55.3. The molecule has 0 bridgehead atoms. The van der Waals surface area contributed by atoms with E-state index in [-0.39, 0.29) is 68.7 Å². The molecule has 120 heavy (non-hydrogen) atoms. The number of fused-ring (bicyclic) bond motifs is 12. The van der Waals surface area contributed by atoms with E-state index in [1.165, 1.54) is 0 Å². The van der Waals surface area contributed by atoms with Crippen LogP contribution in [0.2, 0.25) is 0 Å². The summed E-state index contributed by atoms with van der Waals surface area (Å²) in [4.78, 5) is 14.5. The van der Waals surface area contributed by atoms with Gasteiger partial charge < -0.3 is 17.7 Å². The number of hydrogen-bond acceptors (Lipinski definition) is 4. The number of rotatable bonds is 12. The van der Waals surface area contributed by atoms with E-state index in [4.69, 9.17) is 71.4 Å². The van der Waals surface area contributed by atoms with Crippen molar-refractivity contribution in [2.45, 2.75) is 191 Å². The molecule has 16 rings (SSSR count). The summed E-state index contributed by atoms with van der Waals surface area (Å²) in [6.07, 6.45) is -8.23. The molecule has 12 heteroatoms. The Labute approximate surface area is 743 Å². The molecule has 8 aromatic carbocycles. The lowest BCUT2D eigenvalue weighted by Crippen LogP contribution is -2.36. The Morgan fingerprint density at radius 3 is 1.07 bits per heavy atom. The van der Waals surface area contributed by atoms with Crippen molar-refractivity contribution in [3.05, 3.63) is 279 Å². The monoisotopic (exact) mass is 1610 g/mol. The molecule has 8 aromatic heterocycles. The number of aromatic nitrogens is 4. The molecular formula is C108H116N8O4+4. The summed E-state index contributed by atoms with van der Waals surface area (Å²) in [5.74, 6) is -2.24. The number of pyridine rings is 4. The zero-order valence-corrected chi connectivity index (χ0v) is 72.8. The van der Waals surface area contributed by atoms with Crippen molar-refractivity contribution >= 4 is 111 Å². The van der Waals surface area contributed by atoms with Gasteiger partial charge in [-0.15, -0.1) is 0 Å². The maximum absolute atomic E-state index is 9.23. The number of furan rings is 4. The second-order valence-electron chi connectivity index (χ2n) is 32.5. The van der Waals surface area contributed by atoms with Crippen LogP contribution in [0.5, 0.6) is 0 Å². The van der Waals surface area contributed by atoms with Crippen LogP contribution in [0.15, 0.2) is 139 Å². The molecule has 0 radical (unpaired) electrons. The largest absolute Gasteiger partial charge is 0.466 e. The minimum absolute atomic E-state index is 0.116. The molecule has 0 aliphatic rings. The molecule has 0 unspecified atom stereocenters. The Kier molecular flexibility index (Phi) is 16.6. The molecule has 8 heterocycles. The average molecular weight is 1610 g/mol. The SMILES string of the molecule is [2H]c1c(C([2H])([2H])C(C)C)c(C([2H])([2H])[2H])c(C)[n+](C)c1-c1c(C)cc(C)c2c1oc1c([N+]#[C-])cccc12.[2H]c1c(C([2H])([2H])C(C)C)c(C([2H])([2H])[2H])c(C)[n+](C)c1-c1c(C)ccc2c1oc1c([N+]#[C-])c(C)ccc12.[2H]c1c(C([2H])([2H])C(C)C)c(C([2H])([2H])[2H])c(C)[n+](C)c1-c1c(C)ccc2c1oc1c([N+]#[C-])cc(C)cc12.[2H]c1c(C([2H])([2H])C(C)C)c(C([2H])([2H])[2H])c(C)[n+](C)c1-c1c(C)ccc2c1oc1c([N+]#[C-])ccc(C)c12. The topological polar surface area (TPSA) is 85.5 Å². The molecule has 0 aliphatic carbocycles. The van der Waals surface area contributed by atoms with Gasteiger partial charge >= 0.3 is 0 Å². The Balaban J connectivity index is 0.000000161. The van der Waals surface area contributed by atoms with Gasteiger partial charge in [-0.3, -0.25) is 0 Å². The molecular weight excluding hydrogens is 1470 g/mol. The van der Waals surface area contributed by atoms with Crippen molar-refractivity contribution < 1.29 is 68.8 Å². The van der Waals surface area contributed by atoms with E-state index < -0.39 is 76.6 Å². The van der Waals surface area contributed by atoms with Crippen LogP contribution < -0.4 is 18.3 Å². The van der Waals surface area contributed by atoms with E-state index in [0.717, 1.165) is 87.6 Å². The number of para-hydroxylation sites is 1. The Bertz CT molecular complexity index is 8160. The van der Waals surface area contributed by atoms with Crippen molar-refractivity contribution in [1.29, 1.82) is 0 Å². The molecule has 608 valence electrons. The number of hydrogen-bond donors (Lipinski definition) is 0. The van der Waals surface area contributed by atoms with Crippen LogP contribution in [0.4, 0.5) is 22.7 Å². The lowest BCUT2D eigenvalue weighted by molar-refractivity contribution is -0.667. The first-order chi connectivity index (χ1) is 66.5. The maximum atomic E-state index is 9.23. The van der Waals surface area contributed by atoms with Gasteiger partial charge in [-0.1, -0.05) is 152 Å². The summed E-state index contributed by atoms with van der Waals surface area (Å²) in [7, 11) is 6.79. The predicted molar refractivity (Wildman–Crippen MR) is 496 cm³/mol. The quantitative estimate of drug-likeness (QED) is 0.0901. The smallest absolute Gasteiger partial charge is 0.232 e. The van der Waals surface area contributed by atoms with Crippen LogP contribution in [0.1, 0.15) is 200 Å². The van der Waals surface area contributed by atoms with Crippen LogP contribution in [0.25, 0.3) is 152 Å². The molecule has 0 atom stereocenters. The third-order valence-corrected chi connectivity index (χ3v) is 22.5. The van der Waals surface area contributed by atoms with Crippen molar-refractivity contribution in [2.24, 2.45) is 51.9 Å². The fraction of sp³-hybridized carbons (Fsp3) is 0.333. The van der Waals surface area contributed by atoms with E-state index in [1.807, 2.05) is 134 Å². The molecule has 0 spiro atoms. The van der Waals surface area contributed by atoms with Gasteiger partial charge in [0.2, 0.25) is 45.5 Å². The van der Waals surface area contributed by atoms with Crippen molar-refractivity contribution in [3.8, 4) is 45.0 Å². The van der Waals surface area contributed by atoms with Crippen molar-refractivity contribution in [3.63, 3.8) is 0 Å². The number of benzene rings is 8. The minimum atomic E-state index is -2.60. The zero-order valence-electron chi connectivity index (χ0n) is 96.8. The first kappa shape index (κ1) is 59.2. The van der Waals surface area contributed by atoms with Crippen molar-refractivity contribution in [1.82, 2.24) is 0 Å². The predicted octanol–water partition coefficient (Wildman–Crippen LogP) is 28.2. The average Bonchev–Trinajstić information content (AvgIpc) is 1.11. The van der Waals surface area contributed by atoms with Gasteiger partial charge in [-0.2, -0.15) is 18.3 Å². The molecule has 12 nitrogen and oxygen atoms in total. The van der Waals surface area contributed by atoms with Crippen LogP contribution in [0.3, 0.4) is 0 Å². The first-order valence-electron chi connectivity index (χ1n) is 52.1. The summed E-state index contributed by atoms with van der Waals surface area (Å²) in [5, 5.41) is 6.36. The highest BCUT2D eigenvalue weighted by Crippen LogP contribution is 2.48. The van der Waals surface area contributed by atoms with Gasteiger partial charge in [0.25, 0.3) is 0 Å². The van der Waals surface area contributed by atoms with Gasteiger partial charge in [0.05, 0.1) is 54.0 Å². The zero-order chi connectivity index (χ0) is 108. The minimum Gasteiger partial charge on any atom is -0.466 e. The summed E-state index contributed by atoms with van der Waals surface area (Å²) in [5.41, 5.74) is 16.6. The summed E-state index contributed by atoms with van der Waals surface area (Å²) in [6, 6.07) is 29.3. The van der Waals surface area contributed by atoms with Crippen LogP contribution in [0, 0.1) is 160 Å². The van der Waals surface area contributed by atoms with E-state index in [2.05, 4.69) is 19.4 Å². The lowest BCUT2D eigenvalue weighted by atomic mass is 9.92. The molecule has 0 saturated carbocycles. The maximum Gasteiger partial charge on any atom is 0.232 e. The fourth-order valence-electron chi connectivity index (χ4n) is 16.0. The highest BCUT2D eigenvalue weighted by atomic mass is 16.3. The van der Waals surface area contributed by atoms with E-state index in [0.29, 0.717) is 135 Å². The highest BCUT2D eigenvalue weighted by Gasteiger charge is 2.32. The first-order valence-corrected chi connectivity index (χ1v) is 40.1. The Morgan fingerprint density at radius 2 is 0.658 bits per heavy atom. The normalized spacial score (nSPS) is 15.4. The van der Waals surface area contributed by atoms with Crippen molar-refractivity contribution in [2.75, 3.05) is 0 Å². The van der Waals surface area contributed by atoms with Gasteiger partial charge in [-0.05, 0) is 199 Å². The van der Waals surface area contributed by atoms with Crippen LogP contribution in [-0.2, 0) is 53.7 Å². The van der Waals surface area contributed by atoms with Gasteiger partial charge in [-0.25, -0.2) is 19.4 Å². The molecule has 0 saturated heterocycles. The second-order valence-corrected chi connectivity index (χ2v) is 32.5. The molecule has 0 amide bonds. The number of nitrogens with zero attached hydrogens (tertiary/aromatic N) is 8. The van der Waals surface area contributed by atoms with Gasteiger partial charge in [0.15, 0.2) is 22.8 Å². The molecule has 0 N–H and O–H groups in total. The Morgan fingerprint density at radius 1 is 0.325 bits per heavy atom. The Hall–Kier alpha value is -12.5. The van der Waals surface area contributed by atoms with Gasteiger partial charge in [0, 0.05) is 145 Å².